The van der Waals surface area contributed by atoms with Crippen LogP contribution in [0.5, 0.6) is 0 Å². The Labute approximate surface area is 118 Å². The fourth-order valence-corrected chi connectivity index (χ4v) is 3.85. The molecular formula is C14H11FN2S2. The maximum Gasteiger partial charge on any atom is 0.128 e. The highest BCUT2D eigenvalue weighted by molar-refractivity contribution is 7.99. The predicted octanol–water partition coefficient (Wildman–Crippen LogP) is 4.60. The van der Waals surface area contributed by atoms with E-state index in [1.807, 2.05) is 0 Å². The molecule has 0 amide bonds. The Balaban J connectivity index is 2.07. The third-order valence-electron chi connectivity index (χ3n) is 2.96. The molecule has 96 valence electrons. The lowest BCUT2D eigenvalue weighted by Gasteiger charge is -2.03. The van der Waals surface area contributed by atoms with Crippen molar-refractivity contribution in [3.05, 3.63) is 46.9 Å². The first kappa shape index (κ1) is 12.6. The minimum absolute atomic E-state index is 0.222. The molecule has 0 atom stereocenters. The van der Waals surface area contributed by atoms with Crippen LogP contribution in [0.4, 0.5) is 4.39 Å². The van der Waals surface area contributed by atoms with Crippen LogP contribution in [0.1, 0.15) is 10.4 Å². The van der Waals surface area contributed by atoms with E-state index in [4.69, 9.17) is 0 Å². The van der Waals surface area contributed by atoms with E-state index in [9.17, 15) is 4.39 Å². The molecule has 3 aromatic rings. The molecule has 0 N–H and O–H groups in total. The lowest BCUT2D eigenvalue weighted by Crippen LogP contribution is -1.85. The molecule has 0 bridgehead atoms. The van der Waals surface area contributed by atoms with Gasteiger partial charge in [0, 0.05) is 15.2 Å². The van der Waals surface area contributed by atoms with Gasteiger partial charge in [-0.3, -0.25) is 0 Å². The van der Waals surface area contributed by atoms with Gasteiger partial charge < -0.3 is 0 Å². The average molecular weight is 290 g/mol. The third kappa shape index (κ3) is 2.35. The van der Waals surface area contributed by atoms with E-state index in [0.29, 0.717) is 0 Å². The number of nitrogens with zero attached hydrogens (tertiary/aromatic N) is 2. The Hall–Kier alpha value is -1.46. The van der Waals surface area contributed by atoms with E-state index >= 15 is 0 Å². The summed E-state index contributed by atoms with van der Waals surface area (Å²) in [5.74, 6) is -0.222. The van der Waals surface area contributed by atoms with Crippen molar-refractivity contribution in [3.8, 4) is 0 Å². The Kier molecular flexibility index (Phi) is 3.24. The van der Waals surface area contributed by atoms with Crippen molar-refractivity contribution in [2.75, 3.05) is 0 Å². The average Bonchev–Trinajstić information content (AvgIpc) is 2.69. The molecule has 2 aromatic heterocycles. The van der Waals surface area contributed by atoms with Crippen LogP contribution in [0, 0.1) is 19.7 Å². The van der Waals surface area contributed by atoms with Crippen molar-refractivity contribution in [2.24, 2.45) is 0 Å². The highest BCUT2D eigenvalue weighted by atomic mass is 32.2. The van der Waals surface area contributed by atoms with Gasteiger partial charge in [-0.25, -0.2) is 14.4 Å². The van der Waals surface area contributed by atoms with Crippen molar-refractivity contribution >= 4 is 33.3 Å². The zero-order valence-electron chi connectivity index (χ0n) is 10.5. The van der Waals surface area contributed by atoms with E-state index in [2.05, 4.69) is 23.8 Å². The van der Waals surface area contributed by atoms with Gasteiger partial charge in [-0.05, 0) is 43.7 Å². The molecule has 2 nitrogen and oxygen atoms in total. The van der Waals surface area contributed by atoms with Gasteiger partial charge in [-0.1, -0.05) is 11.8 Å². The molecule has 0 radical (unpaired) electrons. The van der Waals surface area contributed by atoms with Crippen LogP contribution < -0.4 is 0 Å². The van der Waals surface area contributed by atoms with Gasteiger partial charge in [0.05, 0.1) is 0 Å². The summed E-state index contributed by atoms with van der Waals surface area (Å²) < 4.78 is 12.9. The van der Waals surface area contributed by atoms with Crippen molar-refractivity contribution in [1.82, 2.24) is 9.97 Å². The van der Waals surface area contributed by atoms with Crippen molar-refractivity contribution in [3.63, 3.8) is 0 Å². The van der Waals surface area contributed by atoms with Crippen LogP contribution in [-0.2, 0) is 0 Å². The quantitative estimate of drug-likeness (QED) is 0.645. The first-order valence-corrected chi connectivity index (χ1v) is 7.42. The van der Waals surface area contributed by atoms with E-state index in [0.717, 1.165) is 20.1 Å². The Morgan fingerprint density at radius 3 is 2.58 bits per heavy atom. The zero-order valence-corrected chi connectivity index (χ0v) is 12.1. The number of hydrogen-bond donors (Lipinski definition) is 0. The van der Waals surface area contributed by atoms with Crippen LogP contribution in [0.15, 0.2) is 40.5 Å². The number of aryl methyl sites for hydroxylation is 2. The highest BCUT2D eigenvalue weighted by Crippen LogP contribution is 2.37. The monoisotopic (exact) mass is 290 g/mol. The standard InChI is InChI=1S/C14H11FN2S2/c1-8-9(2)18-13-12(8)14(17-7-16-13)19-11-5-3-10(15)4-6-11/h3-7H,1-2H3. The number of benzene rings is 1. The molecule has 0 unspecified atom stereocenters. The van der Waals surface area contributed by atoms with Gasteiger partial charge in [0.1, 0.15) is 22.0 Å². The second kappa shape index (κ2) is 4.90. The van der Waals surface area contributed by atoms with Crippen molar-refractivity contribution in [2.45, 2.75) is 23.8 Å². The largest absolute Gasteiger partial charge is 0.229 e. The summed E-state index contributed by atoms with van der Waals surface area (Å²) in [5.41, 5.74) is 1.23. The number of thiophene rings is 1. The number of aromatic nitrogens is 2. The molecule has 0 saturated carbocycles. The first-order valence-electron chi connectivity index (χ1n) is 5.79. The Bertz CT molecular complexity index is 735. The fourth-order valence-electron chi connectivity index (χ4n) is 1.84. The van der Waals surface area contributed by atoms with Crippen LogP contribution in [0.25, 0.3) is 10.2 Å². The summed E-state index contributed by atoms with van der Waals surface area (Å²) in [6, 6.07) is 6.46. The number of rotatable bonds is 2. The Morgan fingerprint density at radius 2 is 1.84 bits per heavy atom. The second-order valence-corrected chi connectivity index (χ2v) is 6.46. The minimum Gasteiger partial charge on any atom is -0.229 e. The van der Waals surface area contributed by atoms with Crippen molar-refractivity contribution < 1.29 is 4.39 Å². The fraction of sp³-hybridized carbons (Fsp3) is 0.143. The van der Waals surface area contributed by atoms with Crippen LogP contribution >= 0.6 is 23.1 Å². The van der Waals surface area contributed by atoms with Crippen LogP contribution in [0.3, 0.4) is 0 Å². The topological polar surface area (TPSA) is 25.8 Å². The van der Waals surface area contributed by atoms with Gasteiger partial charge in [0.15, 0.2) is 0 Å². The van der Waals surface area contributed by atoms with Gasteiger partial charge in [-0.2, -0.15) is 0 Å². The lowest BCUT2D eigenvalue weighted by molar-refractivity contribution is 0.626. The van der Waals surface area contributed by atoms with Gasteiger partial charge in [0.2, 0.25) is 0 Å². The van der Waals surface area contributed by atoms with Gasteiger partial charge in [-0.15, -0.1) is 11.3 Å². The SMILES string of the molecule is Cc1sc2ncnc(Sc3ccc(F)cc3)c2c1C. The minimum atomic E-state index is -0.222. The molecule has 0 fully saturated rings. The van der Waals surface area contributed by atoms with E-state index in [-0.39, 0.29) is 5.82 Å². The molecule has 2 heterocycles. The highest BCUT2D eigenvalue weighted by Gasteiger charge is 2.12. The molecule has 3 rings (SSSR count). The van der Waals surface area contributed by atoms with Crippen LogP contribution in [-0.4, -0.2) is 9.97 Å². The Morgan fingerprint density at radius 1 is 1.11 bits per heavy atom. The predicted molar refractivity (Wildman–Crippen MR) is 77.4 cm³/mol. The molecule has 0 aliphatic heterocycles. The third-order valence-corrected chi connectivity index (χ3v) is 5.08. The zero-order chi connectivity index (χ0) is 13.4. The molecule has 5 heteroatoms. The molecule has 0 saturated heterocycles. The molecule has 1 aromatic carbocycles. The van der Waals surface area contributed by atoms with Crippen LogP contribution in [0.2, 0.25) is 0 Å². The lowest BCUT2D eigenvalue weighted by atomic mass is 10.2. The number of hydrogen-bond acceptors (Lipinski definition) is 4. The maximum atomic E-state index is 12.9. The van der Waals surface area contributed by atoms with Crippen molar-refractivity contribution in [1.29, 1.82) is 0 Å². The molecule has 0 aliphatic rings. The van der Waals surface area contributed by atoms with E-state index in [1.54, 1.807) is 41.6 Å². The summed E-state index contributed by atoms with van der Waals surface area (Å²) in [7, 11) is 0. The second-order valence-electron chi connectivity index (χ2n) is 4.20. The van der Waals surface area contributed by atoms with E-state index in [1.165, 1.54) is 22.6 Å². The summed E-state index contributed by atoms with van der Waals surface area (Å²) >= 11 is 3.22. The number of halogens is 1. The van der Waals surface area contributed by atoms with E-state index < -0.39 is 0 Å². The summed E-state index contributed by atoms with van der Waals surface area (Å²) in [6.45, 7) is 4.18. The molecular weight excluding hydrogens is 279 g/mol. The smallest absolute Gasteiger partial charge is 0.128 e. The summed E-state index contributed by atoms with van der Waals surface area (Å²) in [6.07, 6.45) is 1.59. The summed E-state index contributed by atoms with van der Waals surface area (Å²) in [5, 5.41) is 2.04. The first-order chi connectivity index (χ1) is 9.15. The van der Waals surface area contributed by atoms with Gasteiger partial charge >= 0.3 is 0 Å². The molecule has 19 heavy (non-hydrogen) atoms. The van der Waals surface area contributed by atoms with Gasteiger partial charge in [0.25, 0.3) is 0 Å². The normalized spacial score (nSPS) is 11.1. The number of fused-ring (bicyclic) bond motifs is 1. The molecule has 0 spiro atoms. The summed E-state index contributed by atoms with van der Waals surface area (Å²) in [4.78, 5) is 11.9. The maximum absolute atomic E-state index is 12.9. The molecule has 0 aliphatic carbocycles.